The van der Waals surface area contributed by atoms with E-state index in [9.17, 15) is 9.18 Å². The second kappa shape index (κ2) is 10.5. The van der Waals surface area contributed by atoms with Crippen LogP contribution in [0.3, 0.4) is 0 Å². The Morgan fingerprint density at radius 3 is 2.69 bits per heavy atom. The van der Waals surface area contributed by atoms with E-state index in [1.807, 2.05) is 24.3 Å². The van der Waals surface area contributed by atoms with Crippen molar-refractivity contribution in [2.45, 2.75) is 31.8 Å². The number of nitrogens with one attached hydrogen (secondary N) is 2. The van der Waals surface area contributed by atoms with Gasteiger partial charge in [0.15, 0.2) is 0 Å². The van der Waals surface area contributed by atoms with Gasteiger partial charge >= 0.3 is 0 Å². The number of ether oxygens (including phenoxy) is 2. The lowest BCUT2D eigenvalue weighted by Crippen LogP contribution is -2.43. The number of halogens is 2. The summed E-state index contributed by atoms with van der Waals surface area (Å²) in [5, 5.41) is 6.48. The molecule has 1 amide bonds. The van der Waals surface area contributed by atoms with Gasteiger partial charge in [0.25, 0.3) is 0 Å². The topological polar surface area (TPSA) is 59.6 Å². The Morgan fingerprint density at radius 1 is 1.21 bits per heavy atom. The van der Waals surface area contributed by atoms with Crippen molar-refractivity contribution in [3.8, 4) is 11.5 Å². The van der Waals surface area contributed by atoms with Crippen molar-refractivity contribution in [2.75, 3.05) is 20.8 Å². The highest BCUT2D eigenvalue weighted by Gasteiger charge is 2.28. The van der Waals surface area contributed by atoms with E-state index >= 15 is 0 Å². The zero-order chi connectivity index (χ0) is 20.1. The number of piperidine rings is 1. The number of hydrogen-bond acceptors (Lipinski definition) is 4. The monoisotopic (exact) mass is 422 g/mol. The van der Waals surface area contributed by atoms with Crippen LogP contribution in [-0.2, 0) is 4.79 Å². The van der Waals surface area contributed by atoms with Gasteiger partial charge < -0.3 is 20.1 Å². The van der Waals surface area contributed by atoms with Crippen LogP contribution in [0.1, 0.15) is 36.9 Å². The van der Waals surface area contributed by atoms with E-state index in [0.29, 0.717) is 23.1 Å². The first-order valence-electron chi connectivity index (χ1n) is 9.53. The number of methoxy groups -OCH3 is 2. The van der Waals surface area contributed by atoms with Crippen molar-refractivity contribution < 1.29 is 18.7 Å². The van der Waals surface area contributed by atoms with E-state index in [0.717, 1.165) is 24.9 Å². The second-order valence-electron chi connectivity index (χ2n) is 7.18. The van der Waals surface area contributed by atoms with Crippen molar-refractivity contribution >= 4 is 18.3 Å². The molecule has 2 N–H and O–H groups in total. The zero-order valence-corrected chi connectivity index (χ0v) is 17.7. The van der Waals surface area contributed by atoms with Crippen molar-refractivity contribution in [1.29, 1.82) is 0 Å². The molecule has 1 unspecified atom stereocenters. The van der Waals surface area contributed by atoms with Crippen LogP contribution in [0.25, 0.3) is 0 Å². The van der Waals surface area contributed by atoms with E-state index in [4.69, 9.17) is 9.47 Å². The summed E-state index contributed by atoms with van der Waals surface area (Å²) in [7, 11) is 3.13. The molecule has 7 heteroatoms. The normalized spacial score (nSPS) is 19.6. The standard InChI is InChI=1S/C22H27FN2O3.ClH/c1-14-11-16(9-10-24-14)22(26)25-21(15-5-4-6-18(12-15)27-2)19-13-17(23)7-8-20(19)28-3;/h4-8,12-14,16,21,24H,9-11H2,1-3H3,(H,25,26);1H/t14-,16-,21?;/m0./s1. The summed E-state index contributed by atoms with van der Waals surface area (Å²) in [5.74, 6) is 0.695. The fourth-order valence-corrected chi connectivity index (χ4v) is 3.72. The molecule has 0 aliphatic carbocycles. The predicted molar refractivity (Wildman–Crippen MR) is 113 cm³/mol. The SMILES string of the molecule is COc1cccc(C(NC(=O)[C@H]2CCN[C@@H](C)C2)c2cc(F)ccc2OC)c1.Cl. The van der Waals surface area contributed by atoms with Crippen LogP contribution in [0.15, 0.2) is 42.5 Å². The number of carbonyl (C=O) groups excluding carboxylic acids is 1. The van der Waals surface area contributed by atoms with E-state index in [1.54, 1.807) is 13.2 Å². The van der Waals surface area contributed by atoms with Crippen LogP contribution in [0.4, 0.5) is 4.39 Å². The maximum atomic E-state index is 14.0. The van der Waals surface area contributed by atoms with Gasteiger partial charge in [0, 0.05) is 17.5 Å². The summed E-state index contributed by atoms with van der Waals surface area (Å²) in [4.78, 5) is 13.0. The molecule has 3 atom stereocenters. The Labute approximate surface area is 177 Å². The van der Waals surface area contributed by atoms with Crippen molar-refractivity contribution in [3.05, 3.63) is 59.4 Å². The molecular weight excluding hydrogens is 395 g/mol. The Morgan fingerprint density at radius 2 is 2.00 bits per heavy atom. The first-order valence-corrected chi connectivity index (χ1v) is 9.53. The molecule has 2 aromatic carbocycles. The lowest BCUT2D eigenvalue weighted by atomic mass is 9.91. The minimum absolute atomic E-state index is 0. The molecule has 3 rings (SSSR count). The van der Waals surface area contributed by atoms with Crippen molar-refractivity contribution in [1.82, 2.24) is 10.6 Å². The van der Waals surface area contributed by atoms with E-state index in [1.165, 1.54) is 19.2 Å². The first-order chi connectivity index (χ1) is 13.5. The van der Waals surface area contributed by atoms with Gasteiger partial charge in [-0.15, -0.1) is 12.4 Å². The third-order valence-electron chi connectivity index (χ3n) is 5.21. The Kier molecular flexibility index (Phi) is 8.29. The molecule has 1 fully saturated rings. The van der Waals surface area contributed by atoms with Gasteiger partial charge in [-0.2, -0.15) is 0 Å². The van der Waals surface area contributed by atoms with Crippen molar-refractivity contribution in [3.63, 3.8) is 0 Å². The molecule has 0 bridgehead atoms. The number of hydrogen-bond donors (Lipinski definition) is 2. The molecule has 158 valence electrons. The predicted octanol–water partition coefficient (Wildman–Crippen LogP) is 3.86. The van der Waals surface area contributed by atoms with Gasteiger partial charge in [0.1, 0.15) is 17.3 Å². The smallest absolute Gasteiger partial charge is 0.223 e. The first kappa shape index (κ1) is 23.0. The van der Waals surface area contributed by atoms with Gasteiger partial charge in [-0.25, -0.2) is 4.39 Å². The van der Waals surface area contributed by atoms with E-state index in [-0.39, 0.29) is 30.0 Å². The summed E-state index contributed by atoms with van der Waals surface area (Å²) in [6, 6.07) is 11.5. The Hall–Kier alpha value is -2.31. The van der Waals surface area contributed by atoms with Crippen molar-refractivity contribution in [2.24, 2.45) is 5.92 Å². The molecule has 1 aliphatic heterocycles. The average Bonchev–Trinajstić information content (AvgIpc) is 2.71. The molecule has 1 saturated heterocycles. The molecule has 2 aromatic rings. The molecule has 0 spiro atoms. The highest BCUT2D eigenvalue weighted by molar-refractivity contribution is 5.85. The third-order valence-corrected chi connectivity index (χ3v) is 5.21. The van der Waals surface area contributed by atoms with Gasteiger partial charge in [-0.1, -0.05) is 12.1 Å². The summed E-state index contributed by atoms with van der Waals surface area (Å²) in [6.45, 7) is 2.89. The highest BCUT2D eigenvalue weighted by atomic mass is 35.5. The Balaban J connectivity index is 0.00000300. The fraction of sp³-hybridized carbons (Fsp3) is 0.409. The number of benzene rings is 2. The molecule has 0 radical (unpaired) electrons. The lowest BCUT2D eigenvalue weighted by Gasteiger charge is -2.29. The maximum Gasteiger partial charge on any atom is 0.223 e. The minimum Gasteiger partial charge on any atom is -0.497 e. The summed E-state index contributed by atoms with van der Waals surface area (Å²) in [6.07, 6.45) is 1.55. The molecule has 0 aromatic heterocycles. The number of rotatable bonds is 6. The van der Waals surface area contributed by atoms with Crippen LogP contribution < -0.4 is 20.1 Å². The van der Waals surface area contributed by atoms with Crippen LogP contribution >= 0.6 is 12.4 Å². The molecule has 1 aliphatic rings. The van der Waals surface area contributed by atoms with Gasteiger partial charge in [0.2, 0.25) is 5.91 Å². The second-order valence-corrected chi connectivity index (χ2v) is 7.18. The number of carbonyl (C=O) groups is 1. The summed E-state index contributed by atoms with van der Waals surface area (Å²) in [5.41, 5.74) is 1.38. The fourth-order valence-electron chi connectivity index (χ4n) is 3.72. The van der Waals surface area contributed by atoms with Crippen LogP contribution in [0.5, 0.6) is 11.5 Å². The zero-order valence-electron chi connectivity index (χ0n) is 16.9. The van der Waals surface area contributed by atoms with Crippen LogP contribution in [-0.4, -0.2) is 32.7 Å². The Bertz CT molecular complexity index is 833. The average molecular weight is 423 g/mol. The number of amides is 1. The maximum absolute atomic E-state index is 14.0. The highest BCUT2D eigenvalue weighted by Crippen LogP contribution is 2.33. The third kappa shape index (κ3) is 5.61. The molecule has 29 heavy (non-hydrogen) atoms. The molecule has 0 saturated carbocycles. The van der Waals surface area contributed by atoms with Gasteiger partial charge in [-0.05, 0) is 62.2 Å². The molecule has 1 heterocycles. The molecular formula is C22H28ClFN2O3. The largest absolute Gasteiger partial charge is 0.497 e. The summed E-state index contributed by atoms with van der Waals surface area (Å²) >= 11 is 0. The van der Waals surface area contributed by atoms with E-state index in [2.05, 4.69) is 17.6 Å². The van der Waals surface area contributed by atoms with Gasteiger partial charge in [-0.3, -0.25) is 4.79 Å². The quantitative estimate of drug-likeness (QED) is 0.742. The molecule has 5 nitrogen and oxygen atoms in total. The van der Waals surface area contributed by atoms with Gasteiger partial charge in [0.05, 0.1) is 20.3 Å². The van der Waals surface area contributed by atoms with E-state index < -0.39 is 6.04 Å². The minimum atomic E-state index is -0.543. The summed E-state index contributed by atoms with van der Waals surface area (Å²) < 4.78 is 24.8. The van der Waals surface area contributed by atoms with Crippen LogP contribution in [0.2, 0.25) is 0 Å². The van der Waals surface area contributed by atoms with Crippen LogP contribution in [0, 0.1) is 11.7 Å². The lowest BCUT2D eigenvalue weighted by molar-refractivity contribution is -0.126.